The molecule has 1 unspecified atom stereocenters. The van der Waals surface area contributed by atoms with Gasteiger partial charge in [0.1, 0.15) is 5.75 Å². The highest BCUT2D eigenvalue weighted by molar-refractivity contribution is 9.10. The Hall–Kier alpha value is -1.03. The lowest BCUT2D eigenvalue weighted by atomic mass is 9.98. The molecule has 0 amide bonds. The summed E-state index contributed by atoms with van der Waals surface area (Å²) in [6, 6.07) is 14.0. The van der Waals surface area contributed by atoms with Crippen molar-refractivity contribution in [1.29, 1.82) is 0 Å². The molecule has 0 saturated carbocycles. The van der Waals surface area contributed by atoms with E-state index in [2.05, 4.69) is 34.2 Å². The van der Waals surface area contributed by atoms with Gasteiger partial charge in [0.15, 0.2) is 0 Å². The van der Waals surface area contributed by atoms with Gasteiger partial charge in [-0.3, -0.25) is 0 Å². The molecule has 0 radical (unpaired) electrons. The second kappa shape index (κ2) is 7.11. The molecule has 106 valence electrons. The Kier molecular flexibility index (Phi) is 5.46. The molecule has 0 aromatic heterocycles. The van der Waals surface area contributed by atoms with Crippen LogP contribution in [0.1, 0.15) is 24.1 Å². The van der Waals surface area contributed by atoms with Crippen LogP contribution in [0, 0.1) is 0 Å². The number of benzene rings is 2. The summed E-state index contributed by atoms with van der Waals surface area (Å²) in [5.41, 5.74) is 2.27. The van der Waals surface area contributed by atoms with Crippen LogP contribution in [0.25, 0.3) is 0 Å². The predicted octanol–water partition coefficient (Wildman–Crippen LogP) is 4.81. The van der Waals surface area contributed by atoms with Crippen LogP contribution in [0.3, 0.4) is 0 Å². The van der Waals surface area contributed by atoms with E-state index >= 15 is 0 Å². The van der Waals surface area contributed by atoms with E-state index in [0.29, 0.717) is 0 Å². The molecule has 0 bridgehead atoms. The van der Waals surface area contributed by atoms with Gasteiger partial charge < -0.3 is 10.1 Å². The quantitative estimate of drug-likeness (QED) is 0.832. The van der Waals surface area contributed by atoms with Crippen LogP contribution < -0.4 is 10.1 Å². The lowest BCUT2D eigenvalue weighted by Gasteiger charge is -2.21. The molecule has 1 atom stereocenters. The van der Waals surface area contributed by atoms with Crippen LogP contribution in [0.15, 0.2) is 46.9 Å². The molecular weight excluding hydrogens is 338 g/mol. The van der Waals surface area contributed by atoms with Crippen molar-refractivity contribution >= 4 is 27.5 Å². The van der Waals surface area contributed by atoms with Crippen LogP contribution in [0.4, 0.5) is 0 Å². The Morgan fingerprint density at radius 2 is 2.05 bits per heavy atom. The van der Waals surface area contributed by atoms with E-state index in [9.17, 15) is 0 Å². The molecule has 1 N–H and O–H groups in total. The van der Waals surface area contributed by atoms with Gasteiger partial charge in [0.2, 0.25) is 0 Å². The van der Waals surface area contributed by atoms with Crippen molar-refractivity contribution in [2.24, 2.45) is 0 Å². The Bertz CT molecular complexity index is 588. The Morgan fingerprint density at radius 1 is 1.25 bits per heavy atom. The van der Waals surface area contributed by atoms with E-state index in [1.165, 1.54) is 0 Å². The summed E-state index contributed by atoms with van der Waals surface area (Å²) in [4.78, 5) is 0. The van der Waals surface area contributed by atoms with Crippen molar-refractivity contribution in [3.63, 3.8) is 0 Å². The average molecular weight is 355 g/mol. The molecule has 0 fully saturated rings. The fourth-order valence-electron chi connectivity index (χ4n) is 2.17. The lowest BCUT2D eigenvalue weighted by Crippen LogP contribution is -2.22. The number of rotatable bonds is 5. The van der Waals surface area contributed by atoms with Crippen molar-refractivity contribution in [2.75, 3.05) is 13.7 Å². The molecule has 0 spiro atoms. The molecule has 4 heteroatoms. The zero-order chi connectivity index (χ0) is 14.5. The van der Waals surface area contributed by atoms with Crippen molar-refractivity contribution < 1.29 is 4.74 Å². The summed E-state index contributed by atoms with van der Waals surface area (Å²) in [7, 11) is 1.68. The number of halogens is 2. The number of hydrogen-bond acceptors (Lipinski definition) is 2. The first-order chi connectivity index (χ1) is 9.65. The zero-order valence-corrected chi connectivity index (χ0v) is 13.8. The third kappa shape index (κ3) is 3.54. The summed E-state index contributed by atoms with van der Waals surface area (Å²) in [6.45, 7) is 2.95. The molecule has 20 heavy (non-hydrogen) atoms. The van der Waals surface area contributed by atoms with E-state index in [0.717, 1.165) is 32.9 Å². The number of methoxy groups -OCH3 is 1. The smallest absolute Gasteiger partial charge is 0.119 e. The summed E-state index contributed by atoms with van der Waals surface area (Å²) in [6.07, 6.45) is 0. The first-order valence-corrected chi connectivity index (χ1v) is 7.65. The highest BCUT2D eigenvalue weighted by Gasteiger charge is 2.16. The molecule has 0 saturated heterocycles. The Morgan fingerprint density at radius 3 is 2.75 bits per heavy atom. The second-order valence-electron chi connectivity index (χ2n) is 4.43. The largest absolute Gasteiger partial charge is 0.497 e. The summed E-state index contributed by atoms with van der Waals surface area (Å²) in [5.74, 6) is 0.851. The molecule has 0 aliphatic heterocycles. The maximum absolute atomic E-state index is 6.13. The Balaban J connectivity index is 2.46. The van der Waals surface area contributed by atoms with Crippen molar-refractivity contribution in [1.82, 2.24) is 5.32 Å². The standard InChI is InChI=1S/C16H17BrClNO/c1-3-19-16(11-5-4-6-13(9-11)20-2)14-10-12(18)7-8-15(14)17/h4-10,16,19H,3H2,1-2H3. The first kappa shape index (κ1) is 15.4. The first-order valence-electron chi connectivity index (χ1n) is 6.48. The van der Waals surface area contributed by atoms with Crippen molar-refractivity contribution in [3.05, 3.63) is 63.1 Å². The molecule has 0 aliphatic rings. The Labute approximate surface area is 133 Å². The average Bonchev–Trinajstić information content (AvgIpc) is 2.47. The van der Waals surface area contributed by atoms with Crippen LogP contribution in [-0.2, 0) is 0 Å². The van der Waals surface area contributed by atoms with Gasteiger partial charge in [-0.05, 0) is 48.0 Å². The van der Waals surface area contributed by atoms with Crippen molar-refractivity contribution in [2.45, 2.75) is 13.0 Å². The highest BCUT2D eigenvalue weighted by Crippen LogP contribution is 2.32. The van der Waals surface area contributed by atoms with Gasteiger partial charge in [0.25, 0.3) is 0 Å². The van der Waals surface area contributed by atoms with E-state index in [1.807, 2.05) is 36.4 Å². The second-order valence-corrected chi connectivity index (χ2v) is 5.72. The molecule has 2 aromatic rings. The van der Waals surface area contributed by atoms with E-state index in [-0.39, 0.29) is 6.04 Å². The van der Waals surface area contributed by atoms with Gasteiger partial charge in [0.05, 0.1) is 13.2 Å². The maximum Gasteiger partial charge on any atom is 0.119 e. The summed E-state index contributed by atoms with van der Waals surface area (Å²) in [5, 5.41) is 4.22. The monoisotopic (exact) mass is 353 g/mol. The minimum Gasteiger partial charge on any atom is -0.497 e. The van der Waals surface area contributed by atoms with E-state index < -0.39 is 0 Å². The number of hydrogen-bond donors (Lipinski definition) is 1. The SMILES string of the molecule is CCNC(c1cccc(OC)c1)c1cc(Cl)ccc1Br. The molecule has 0 heterocycles. The number of ether oxygens (including phenoxy) is 1. The van der Waals surface area contributed by atoms with Gasteiger partial charge >= 0.3 is 0 Å². The van der Waals surface area contributed by atoms with Gasteiger partial charge in [-0.2, -0.15) is 0 Å². The minimum atomic E-state index is 0.0724. The molecule has 2 nitrogen and oxygen atoms in total. The fourth-order valence-corrected chi connectivity index (χ4v) is 2.82. The maximum atomic E-state index is 6.13. The predicted molar refractivity (Wildman–Crippen MR) is 87.7 cm³/mol. The summed E-state index contributed by atoms with van der Waals surface area (Å²) < 4.78 is 6.35. The molecule has 2 rings (SSSR count). The van der Waals surface area contributed by atoms with Gasteiger partial charge in [-0.1, -0.05) is 46.6 Å². The zero-order valence-electron chi connectivity index (χ0n) is 11.5. The van der Waals surface area contributed by atoms with E-state index in [1.54, 1.807) is 7.11 Å². The summed E-state index contributed by atoms with van der Waals surface area (Å²) >= 11 is 9.74. The van der Waals surface area contributed by atoms with Crippen LogP contribution in [0.5, 0.6) is 5.75 Å². The molecule has 2 aromatic carbocycles. The van der Waals surface area contributed by atoms with Crippen LogP contribution >= 0.6 is 27.5 Å². The minimum absolute atomic E-state index is 0.0724. The highest BCUT2D eigenvalue weighted by atomic mass is 79.9. The van der Waals surface area contributed by atoms with Gasteiger partial charge in [0, 0.05) is 9.50 Å². The van der Waals surface area contributed by atoms with Gasteiger partial charge in [-0.15, -0.1) is 0 Å². The molecule has 0 aliphatic carbocycles. The van der Waals surface area contributed by atoms with E-state index in [4.69, 9.17) is 16.3 Å². The number of nitrogens with one attached hydrogen (secondary N) is 1. The molecular formula is C16H17BrClNO. The van der Waals surface area contributed by atoms with Crippen LogP contribution in [-0.4, -0.2) is 13.7 Å². The van der Waals surface area contributed by atoms with Crippen molar-refractivity contribution in [3.8, 4) is 5.75 Å². The topological polar surface area (TPSA) is 21.3 Å². The fraction of sp³-hybridized carbons (Fsp3) is 0.250. The normalized spacial score (nSPS) is 12.2. The lowest BCUT2D eigenvalue weighted by molar-refractivity contribution is 0.413. The third-order valence-electron chi connectivity index (χ3n) is 3.10. The van der Waals surface area contributed by atoms with Crippen LogP contribution in [0.2, 0.25) is 5.02 Å². The third-order valence-corrected chi connectivity index (χ3v) is 4.06. The van der Waals surface area contributed by atoms with Gasteiger partial charge in [-0.25, -0.2) is 0 Å².